The fourth-order valence-corrected chi connectivity index (χ4v) is 2.53. The summed E-state index contributed by atoms with van der Waals surface area (Å²) in [4.78, 5) is 19.8. The Bertz CT molecular complexity index is 661. The third kappa shape index (κ3) is 4.18. The summed E-state index contributed by atoms with van der Waals surface area (Å²) in [5.41, 5.74) is -0.963. The van der Waals surface area contributed by atoms with E-state index in [-0.39, 0.29) is 0 Å². The topological polar surface area (TPSA) is 136 Å². The van der Waals surface area contributed by atoms with E-state index in [4.69, 9.17) is 0 Å². The second-order valence-electron chi connectivity index (χ2n) is 3.76. The molecule has 0 aromatic heterocycles. The zero-order chi connectivity index (χ0) is 16.2. The minimum atomic E-state index is -4.42. The van der Waals surface area contributed by atoms with Crippen LogP contribution in [-0.2, 0) is 19.6 Å². The van der Waals surface area contributed by atoms with E-state index in [0.29, 0.717) is 12.1 Å². The molecule has 2 N–H and O–H groups in total. The van der Waals surface area contributed by atoms with Gasteiger partial charge in [0.25, 0.3) is 5.69 Å². The quantitative estimate of drug-likeness (QED) is 0.411. The van der Waals surface area contributed by atoms with Crippen molar-refractivity contribution in [3.8, 4) is 0 Å². The standard InChI is InChI=1S/C10H11FN2O7S/c1-20-10(15)8(14)5-12-21(18,19)9-3-2-6(11)4-7(9)13(16)17/h2-4,8,12,14H,5H2,1H3. The molecule has 1 rings (SSSR count). The van der Waals surface area contributed by atoms with Crippen molar-refractivity contribution in [3.05, 3.63) is 34.1 Å². The number of carbonyl (C=O) groups is 1. The van der Waals surface area contributed by atoms with E-state index in [9.17, 15) is 32.8 Å². The molecule has 0 saturated heterocycles. The van der Waals surface area contributed by atoms with Crippen LogP contribution in [0.4, 0.5) is 10.1 Å². The van der Waals surface area contributed by atoms with Crippen molar-refractivity contribution >= 4 is 21.7 Å². The Morgan fingerprint density at radius 1 is 1.57 bits per heavy atom. The van der Waals surface area contributed by atoms with Crippen molar-refractivity contribution < 1.29 is 32.4 Å². The molecule has 0 aliphatic heterocycles. The molecular weight excluding hydrogens is 311 g/mol. The summed E-state index contributed by atoms with van der Waals surface area (Å²) in [7, 11) is -3.42. The van der Waals surface area contributed by atoms with Gasteiger partial charge in [0.1, 0.15) is 5.82 Å². The Labute approximate surface area is 118 Å². The first kappa shape index (κ1) is 16.9. The molecule has 0 bridgehead atoms. The molecule has 1 atom stereocenters. The number of aliphatic hydroxyl groups is 1. The minimum absolute atomic E-state index is 0.450. The summed E-state index contributed by atoms with van der Waals surface area (Å²) in [5.74, 6) is -2.05. The number of nitrogens with zero attached hydrogens (tertiary/aromatic N) is 1. The molecule has 0 spiro atoms. The van der Waals surface area contributed by atoms with Crippen LogP contribution in [0.3, 0.4) is 0 Å². The van der Waals surface area contributed by atoms with E-state index in [1.165, 1.54) is 0 Å². The van der Waals surface area contributed by atoms with E-state index in [2.05, 4.69) is 4.74 Å². The van der Waals surface area contributed by atoms with E-state index < -0.39 is 50.0 Å². The van der Waals surface area contributed by atoms with Crippen LogP contribution in [0.5, 0.6) is 0 Å². The number of hydrogen-bond donors (Lipinski definition) is 2. The first-order valence-electron chi connectivity index (χ1n) is 5.38. The van der Waals surface area contributed by atoms with Gasteiger partial charge in [0.2, 0.25) is 10.0 Å². The molecule has 1 unspecified atom stereocenters. The van der Waals surface area contributed by atoms with Gasteiger partial charge < -0.3 is 9.84 Å². The number of hydrogen-bond acceptors (Lipinski definition) is 7. The molecule has 21 heavy (non-hydrogen) atoms. The first-order valence-corrected chi connectivity index (χ1v) is 6.87. The number of nitro benzene ring substituents is 1. The third-order valence-corrected chi connectivity index (χ3v) is 3.82. The Kier molecular flexibility index (Phi) is 5.29. The molecule has 9 nitrogen and oxygen atoms in total. The van der Waals surface area contributed by atoms with Crippen molar-refractivity contribution in [1.82, 2.24) is 4.72 Å². The van der Waals surface area contributed by atoms with Gasteiger partial charge in [0.05, 0.1) is 18.1 Å². The van der Waals surface area contributed by atoms with Crippen molar-refractivity contribution in [2.45, 2.75) is 11.0 Å². The predicted molar refractivity (Wildman–Crippen MR) is 66.3 cm³/mol. The lowest BCUT2D eigenvalue weighted by Gasteiger charge is -2.10. The zero-order valence-corrected chi connectivity index (χ0v) is 11.5. The largest absolute Gasteiger partial charge is 0.467 e. The molecule has 1 aromatic rings. The van der Waals surface area contributed by atoms with Gasteiger partial charge in [0, 0.05) is 6.54 Å². The first-order chi connectivity index (χ1) is 9.69. The molecule has 0 radical (unpaired) electrons. The van der Waals surface area contributed by atoms with Gasteiger partial charge in [0.15, 0.2) is 11.0 Å². The minimum Gasteiger partial charge on any atom is -0.467 e. The fraction of sp³-hybridized carbons (Fsp3) is 0.300. The molecule has 1 aromatic carbocycles. The van der Waals surface area contributed by atoms with Gasteiger partial charge in [-0.3, -0.25) is 10.1 Å². The molecule has 0 amide bonds. The van der Waals surface area contributed by atoms with E-state index in [1.807, 2.05) is 0 Å². The number of methoxy groups -OCH3 is 1. The monoisotopic (exact) mass is 322 g/mol. The Morgan fingerprint density at radius 2 is 2.19 bits per heavy atom. The van der Waals surface area contributed by atoms with E-state index >= 15 is 0 Å². The number of nitro groups is 1. The number of nitrogens with one attached hydrogen (secondary N) is 1. The summed E-state index contributed by atoms with van der Waals surface area (Å²) in [5, 5.41) is 20.0. The van der Waals surface area contributed by atoms with Gasteiger partial charge in [-0.2, -0.15) is 0 Å². The number of ether oxygens (including phenoxy) is 1. The number of aliphatic hydroxyl groups excluding tert-OH is 1. The van der Waals surface area contributed by atoms with Crippen molar-refractivity contribution in [2.75, 3.05) is 13.7 Å². The highest BCUT2D eigenvalue weighted by molar-refractivity contribution is 7.89. The average Bonchev–Trinajstić information content (AvgIpc) is 2.43. The average molecular weight is 322 g/mol. The van der Waals surface area contributed by atoms with Crippen molar-refractivity contribution in [2.24, 2.45) is 0 Å². The highest BCUT2D eigenvalue weighted by Crippen LogP contribution is 2.24. The number of carbonyl (C=O) groups excluding carboxylic acids is 1. The maximum atomic E-state index is 12.9. The molecule has 0 aliphatic carbocycles. The highest BCUT2D eigenvalue weighted by Gasteiger charge is 2.28. The molecule has 0 saturated carbocycles. The third-order valence-electron chi connectivity index (χ3n) is 2.35. The molecule has 0 heterocycles. The molecule has 0 fully saturated rings. The van der Waals surface area contributed by atoms with Crippen molar-refractivity contribution in [3.63, 3.8) is 0 Å². The molecule has 116 valence electrons. The lowest BCUT2D eigenvalue weighted by atomic mass is 10.3. The predicted octanol–water partition coefficient (Wildman–Crippen LogP) is -0.454. The Morgan fingerprint density at radius 3 is 2.71 bits per heavy atom. The van der Waals surface area contributed by atoms with Crippen LogP contribution in [0.25, 0.3) is 0 Å². The Balaban J connectivity index is 3.04. The lowest BCUT2D eigenvalue weighted by molar-refractivity contribution is -0.388. The highest BCUT2D eigenvalue weighted by atomic mass is 32.2. The van der Waals surface area contributed by atoms with Crippen LogP contribution in [0.1, 0.15) is 0 Å². The number of halogens is 1. The lowest BCUT2D eigenvalue weighted by Crippen LogP contribution is -2.37. The smallest absolute Gasteiger partial charge is 0.336 e. The normalized spacial score (nSPS) is 12.7. The van der Waals surface area contributed by atoms with Gasteiger partial charge in [-0.05, 0) is 12.1 Å². The molecule has 0 aliphatic rings. The van der Waals surface area contributed by atoms with Crippen molar-refractivity contribution in [1.29, 1.82) is 0 Å². The number of esters is 1. The number of rotatable bonds is 6. The van der Waals surface area contributed by atoms with Crippen LogP contribution in [0.15, 0.2) is 23.1 Å². The van der Waals surface area contributed by atoms with Gasteiger partial charge in [-0.25, -0.2) is 22.3 Å². The number of benzene rings is 1. The molecular formula is C10H11FN2O7S. The SMILES string of the molecule is COC(=O)C(O)CNS(=O)(=O)c1ccc(F)cc1[N+](=O)[O-]. The van der Waals surface area contributed by atoms with Crippen LogP contribution in [0, 0.1) is 15.9 Å². The van der Waals surface area contributed by atoms with Gasteiger partial charge in [-0.1, -0.05) is 0 Å². The maximum absolute atomic E-state index is 12.9. The summed E-state index contributed by atoms with van der Waals surface area (Å²) in [6.45, 7) is -0.746. The van der Waals surface area contributed by atoms with Crippen LogP contribution in [0.2, 0.25) is 0 Å². The second kappa shape index (κ2) is 6.56. The second-order valence-corrected chi connectivity index (χ2v) is 5.50. The van der Waals surface area contributed by atoms with Gasteiger partial charge in [-0.15, -0.1) is 0 Å². The van der Waals surface area contributed by atoms with Crippen LogP contribution < -0.4 is 4.72 Å². The number of sulfonamides is 1. The summed E-state index contributed by atoms with van der Waals surface area (Å²) in [6.07, 6.45) is -1.77. The van der Waals surface area contributed by atoms with Crippen LogP contribution >= 0.6 is 0 Å². The zero-order valence-electron chi connectivity index (χ0n) is 10.6. The Hall–Kier alpha value is -2.11. The summed E-state index contributed by atoms with van der Waals surface area (Å²) in [6, 6.07) is 1.89. The van der Waals surface area contributed by atoms with Gasteiger partial charge >= 0.3 is 5.97 Å². The summed E-state index contributed by atoms with van der Waals surface area (Å²) < 4.78 is 42.7. The molecule has 11 heteroatoms. The van der Waals surface area contributed by atoms with E-state index in [1.54, 1.807) is 4.72 Å². The van der Waals surface area contributed by atoms with E-state index in [0.717, 1.165) is 13.2 Å². The fourth-order valence-electron chi connectivity index (χ4n) is 1.35. The maximum Gasteiger partial charge on any atom is 0.336 e. The summed E-state index contributed by atoms with van der Waals surface area (Å²) >= 11 is 0. The van der Waals surface area contributed by atoms with Crippen LogP contribution in [-0.4, -0.2) is 44.2 Å².